The number of benzene rings is 2. The summed E-state index contributed by atoms with van der Waals surface area (Å²) in [5.41, 5.74) is 8.57. The molecular formula is C14H11ClN2O2. The van der Waals surface area contributed by atoms with Crippen LogP contribution in [0, 0.1) is 0 Å². The Kier molecular flexibility index (Phi) is 2.80. The molecular weight excluding hydrogens is 264 g/mol. The van der Waals surface area contributed by atoms with Crippen molar-refractivity contribution in [3.8, 4) is 17.2 Å². The zero-order chi connectivity index (χ0) is 13.4. The van der Waals surface area contributed by atoms with E-state index in [9.17, 15) is 0 Å². The molecule has 0 radical (unpaired) electrons. The fourth-order valence-corrected chi connectivity index (χ4v) is 2.13. The van der Waals surface area contributed by atoms with E-state index in [0.29, 0.717) is 27.9 Å². The van der Waals surface area contributed by atoms with Gasteiger partial charge in [-0.05, 0) is 36.4 Å². The van der Waals surface area contributed by atoms with Crippen molar-refractivity contribution in [2.24, 2.45) is 0 Å². The summed E-state index contributed by atoms with van der Waals surface area (Å²) in [6, 6.07) is 10.7. The van der Waals surface area contributed by atoms with E-state index in [-0.39, 0.29) is 0 Å². The number of nitrogens with two attached hydrogens (primary N) is 1. The van der Waals surface area contributed by atoms with Gasteiger partial charge in [-0.3, -0.25) is 0 Å². The predicted octanol–water partition coefficient (Wildman–Crippen LogP) is 3.74. The second kappa shape index (κ2) is 4.48. The molecule has 0 saturated carbocycles. The van der Waals surface area contributed by atoms with Crippen molar-refractivity contribution < 1.29 is 9.15 Å². The Bertz CT molecular complexity index is 752. The first-order chi connectivity index (χ1) is 9.17. The number of halogens is 1. The second-order valence-electron chi connectivity index (χ2n) is 4.10. The van der Waals surface area contributed by atoms with Crippen LogP contribution in [0.5, 0.6) is 5.75 Å². The quantitative estimate of drug-likeness (QED) is 0.723. The molecule has 0 aliphatic rings. The summed E-state index contributed by atoms with van der Waals surface area (Å²) in [4.78, 5) is 4.39. The first-order valence-corrected chi connectivity index (χ1v) is 6.05. The van der Waals surface area contributed by atoms with Gasteiger partial charge in [0.1, 0.15) is 11.3 Å². The highest BCUT2D eigenvalue weighted by molar-refractivity contribution is 6.32. The minimum Gasteiger partial charge on any atom is -0.495 e. The van der Waals surface area contributed by atoms with Crippen LogP contribution < -0.4 is 10.5 Å². The molecule has 2 N–H and O–H groups in total. The summed E-state index contributed by atoms with van der Waals surface area (Å²) in [6.45, 7) is 0. The SMILES string of the molecule is COc1ccc(-c2nc3cc(N)ccc3o2)cc1Cl. The van der Waals surface area contributed by atoms with E-state index in [2.05, 4.69) is 4.98 Å². The third-order valence-corrected chi connectivity index (χ3v) is 3.11. The van der Waals surface area contributed by atoms with E-state index < -0.39 is 0 Å². The van der Waals surface area contributed by atoms with Crippen molar-refractivity contribution in [2.75, 3.05) is 12.8 Å². The molecule has 0 bridgehead atoms. The van der Waals surface area contributed by atoms with Gasteiger partial charge in [-0.15, -0.1) is 0 Å². The molecule has 3 aromatic rings. The molecule has 0 fully saturated rings. The van der Waals surface area contributed by atoms with Gasteiger partial charge in [0.25, 0.3) is 0 Å². The molecule has 0 spiro atoms. The number of ether oxygens (including phenoxy) is 1. The zero-order valence-electron chi connectivity index (χ0n) is 10.2. The fraction of sp³-hybridized carbons (Fsp3) is 0.0714. The van der Waals surface area contributed by atoms with Gasteiger partial charge in [0.2, 0.25) is 5.89 Å². The number of hydrogen-bond donors (Lipinski definition) is 1. The Labute approximate surface area is 114 Å². The molecule has 96 valence electrons. The summed E-state index contributed by atoms with van der Waals surface area (Å²) in [6.07, 6.45) is 0. The van der Waals surface area contributed by atoms with Gasteiger partial charge in [-0.1, -0.05) is 11.6 Å². The highest BCUT2D eigenvalue weighted by Crippen LogP contribution is 2.31. The minimum atomic E-state index is 0.505. The average Bonchev–Trinajstić information content (AvgIpc) is 2.81. The molecule has 4 nitrogen and oxygen atoms in total. The normalized spacial score (nSPS) is 10.8. The summed E-state index contributed by atoms with van der Waals surface area (Å²) < 4.78 is 10.8. The van der Waals surface area contributed by atoms with Crippen molar-refractivity contribution in [3.05, 3.63) is 41.4 Å². The van der Waals surface area contributed by atoms with Crippen molar-refractivity contribution in [1.82, 2.24) is 4.98 Å². The summed E-state index contributed by atoms with van der Waals surface area (Å²) in [7, 11) is 1.57. The third kappa shape index (κ3) is 2.11. The summed E-state index contributed by atoms with van der Waals surface area (Å²) in [5.74, 6) is 1.12. The minimum absolute atomic E-state index is 0.505. The number of anilines is 1. The first kappa shape index (κ1) is 11.9. The second-order valence-corrected chi connectivity index (χ2v) is 4.50. The summed E-state index contributed by atoms with van der Waals surface area (Å²) >= 11 is 6.09. The van der Waals surface area contributed by atoms with Crippen molar-refractivity contribution >= 4 is 28.4 Å². The number of nitrogens with zero attached hydrogens (tertiary/aromatic N) is 1. The lowest BCUT2D eigenvalue weighted by Crippen LogP contribution is -1.85. The van der Waals surface area contributed by atoms with E-state index in [0.717, 1.165) is 11.1 Å². The molecule has 0 aliphatic heterocycles. The van der Waals surface area contributed by atoms with E-state index in [1.807, 2.05) is 6.07 Å². The summed E-state index contributed by atoms with van der Waals surface area (Å²) in [5, 5.41) is 0.516. The Balaban J connectivity index is 2.11. The molecule has 2 aromatic carbocycles. The van der Waals surface area contributed by atoms with Gasteiger partial charge in [0.05, 0.1) is 12.1 Å². The third-order valence-electron chi connectivity index (χ3n) is 2.81. The van der Waals surface area contributed by atoms with Crippen LogP contribution in [0.4, 0.5) is 5.69 Å². The van der Waals surface area contributed by atoms with Crippen LogP contribution >= 0.6 is 11.6 Å². The maximum Gasteiger partial charge on any atom is 0.227 e. The monoisotopic (exact) mass is 274 g/mol. The maximum atomic E-state index is 6.09. The van der Waals surface area contributed by atoms with Gasteiger partial charge < -0.3 is 14.9 Å². The number of nitrogen functional groups attached to an aromatic ring is 1. The number of rotatable bonds is 2. The van der Waals surface area contributed by atoms with Gasteiger partial charge in [0.15, 0.2) is 5.58 Å². The molecule has 0 saturated heterocycles. The van der Waals surface area contributed by atoms with Gasteiger partial charge in [-0.2, -0.15) is 0 Å². The van der Waals surface area contributed by atoms with E-state index >= 15 is 0 Å². The van der Waals surface area contributed by atoms with Crippen LogP contribution in [0.15, 0.2) is 40.8 Å². The van der Waals surface area contributed by atoms with Gasteiger partial charge >= 0.3 is 0 Å². The highest BCUT2D eigenvalue weighted by atomic mass is 35.5. The average molecular weight is 275 g/mol. The van der Waals surface area contributed by atoms with Crippen molar-refractivity contribution in [1.29, 1.82) is 0 Å². The van der Waals surface area contributed by atoms with Crippen molar-refractivity contribution in [2.45, 2.75) is 0 Å². The molecule has 0 atom stereocenters. The number of methoxy groups -OCH3 is 1. The highest BCUT2D eigenvalue weighted by Gasteiger charge is 2.10. The molecule has 0 amide bonds. The predicted molar refractivity (Wildman–Crippen MR) is 75.4 cm³/mol. The van der Waals surface area contributed by atoms with E-state index in [4.69, 9.17) is 26.5 Å². The number of hydrogen-bond acceptors (Lipinski definition) is 4. The Morgan fingerprint density at radius 3 is 2.79 bits per heavy atom. The lowest BCUT2D eigenvalue weighted by molar-refractivity contribution is 0.415. The molecule has 1 aromatic heterocycles. The molecule has 0 unspecified atom stereocenters. The largest absolute Gasteiger partial charge is 0.495 e. The Hall–Kier alpha value is -2.20. The zero-order valence-corrected chi connectivity index (χ0v) is 10.9. The topological polar surface area (TPSA) is 61.3 Å². The van der Waals surface area contributed by atoms with Crippen LogP contribution in [-0.4, -0.2) is 12.1 Å². The van der Waals surface area contributed by atoms with Crippen LogP contribution in [0.1, 0.15) is 0 Å². The Morgan fingerprint density at radius 1 is 1.21 bits per heavy atom. The number of fused-ring (bicyclic) bond motifs is 1. The van der Waals surface area contributed by atoms with Crippen molar-refractivity contribution in [3.63, 3.8) is 0 Å². The molecule has 5 heteroatoms. The van der Waals surface area contributed by atoms with Gasteiger partial charge in [0, 0.05) is 11.3 Å². The molecule has 19 heavy (non-hydrogen) atoms. The first-order valence-electron chi connectivity index (χ1n) is 5.67. The number of aromatic nitrogens is 1. The van der Waals surface area contributed by atoms with E-state index in [1.165, 1.54) is 0 Å². The molecule has 3 rings (SSSR count). The molecule has 0 aliphatic carbocycles. The number of oxazole rings is 1. The lowest BCUT2D eigenvalue weighted by Gasteiger charge is -2.03. The standard InChI is InChI=1S/C14H11ClN2O2/c1-18-12-4-2-8(6-10(12)15)14-17-11-7-9(16)3-5-13(11)19-14/h2-7H,16H2,1H3. The van der Waals surface area contributed by atoms with Crippen LogP contribution in [0.2, 0.25) is 5.02 Å². The lowest BCUT2D eigenvalue weighted by atomic mass is 10.2. The fourth-order valence-electron chi connectivity index (χ4n) is 1.87. The Morgan fingerprint density at radius 2 is 2.05 bits per heavy atom. The van der Waals surface area contributed by atoms with Crippen LogP contribution in [-0.2, 0) is 0 Å². The maximum absolute atomic E-state index is 6.09. The van der Waals surface area contributed by atoms with E-state index in [1.54, 1.807) is 37.4 Å². The van der Waals surface area contributed by atoms with Crippen LogP contribution in [0.3, 0.4) is 0 Å². The van der Waals surface area contributed by atoms with Crippen LogP contribution in [0.25, 0.3) is 22.6 Å². The smallest absolute Gasteiger partial charge is 0.227 e. The molecule has 1 heterocycles. The van der Waals surface area contributed by atoms with Gasteiger partial charge in [-0.25, -0.2) is 4.98 Å².